The number of rotatable bonds is 2. The molecule has 0 spiro atoms. The quantitative estimate of drug-likeness (QED) is 0.750. The monoisotopic (exact) mass is 254 g/mol. The van der Waals surface area contributed by atoms with Crippen molar-refractivity contribution in [2.45, 2.75) is 24.2 Å². The molecule has 0 saturated heterocycles. The van der Waals surface area contributed by atoms with Gasteiger partial charge < -0.3 is 4.57 Å². The molecule has 1 fully saturated rings. The van der Waals surface area contributed by atoms with Gasteiger partial charge in [-0.15, -0.1) is 23.2 Å². The standard InChI is InChI=1S/C12H12Cl2N2/c1-8-15-10-4-2-3-5-11(10)16(8)7-9-6-12(9,13)14/h2-5,9H,6-7H2,1H3/t9-/m1/s1. The van der Waals surface area contributed by atoms with Crippen LogP contribution in [-0.4, -0.2) is 13.9 Å². The fourth-order valence-electron chi connectivity index (χ4n) is 2.11. The average molecular weight is 255 g/mol. The van der Waals surface area contributed by atoms with Crippen molar-refractivity contribution in [1.82, 2.24) is 9.55 Å². The van der Waals surface area contributed by atoms with Crippen molar-refractivity contribution in [3.8, 4) is 0 Å². The molecule has 0 amide bonds. The Kier molecular flexibility index (Phi) is 2.20. The number of alkyl halides is 2. The van der Waals surface area contributed by atoms with Crippen molar-refractivity contribution in [2.24, 2.45) is 5.92 Å². The van der Waals surface area contributed by atoms with E-state index in [1.165, 1.54) is 0 Å². The SMILES string of the molecule is Cc1nc2ccccc2n1C[C@H]1CC1(Cl)Cl. The number of halogens is 2. The van der Waals surface area contributed by atoms with Crippen molar-refractivity contribution >= 4 is 34.2 Å². The van der Waals surface area contributed by atoms with E-state index in [0.29, 0.717) is 5.92 Å². The summed E-state index contributed by atoms with van der Waals surface area (Å²) in [5.74, 6) is 1.38. The number of hydrogen-bond donors (Lipinski definition) is 0. The number of imidazole rings is 1. The highest BCUT2D eigenvalue weighted by Crippen LogP contribution is 2.54. The van der Waals surface area contributed by atoms with E-state index >= 15 is 0 Å². The minimum atomic E-state index is -0.516. The van der Waals surface area contributed by atoms with Crippen molar-refractivity contribution in [2.75, 3.05) is 0 Å². The lowest BCUT2D eigenvalue weighted by Crippen LogP contribution is -2.05. The summed E-state index contributed by atoms with van der Waals surface area (Å²) in [6, 6.07) is 8.15. The highest BCUT2D eigenvalue weighted by molar-refractivity contribution is 6.50. The summed E-state index contributed by atoms with van der Waals surface area (Å²) in [7, 11) is 0. The van der Waals surface area contributed by atoms with Gasteiger partial charge in [-0.3, -0.25) is 0 Å². The molecular formula is C12H12Cl2N2. The lowest BCUT2D eigenvalue weighted by atomic mass is 10.3. The van der Waals surface area contributed by atoms with E-state index in [9.17, 15) is 0 Å². The Hall–Kier alpha value is -0.730. The van der Waals surface area contributed by atoms with Gasteiger partial charge in [0.05, 0.1) is 11.0 Å². The van der Waals surface area contributed by atoms with Gasteiger partial charge in [0.1, 0.15) is 10.2 Å². The van der Waals surface area contributed by atoms with E-state index in [1.54, 1.807) is 0 Å². The van der Waals surface area contributed by atoms with Gasteiger partial charge in [-0.1, -0.05) is 12.1 Å². The minimum absolute atomic E-state index is 0.354. The van der Waals surface area contributed by atoms with E-state index in [0.717, 1.165) is 29.8 Å². The molecule has 1 aromatic heterocycles. The highest BCUT2D eigenvalue weighted by atomic mass is 35.5. The second-order valence-corrected chi connectivity index (χ2v) is 5.96. The predicted molar refractivity (Wildman–Crippen MR) is 67.0 cm³/mol. The van der Waals surface area contributed by atoms with E-state index in [1.807, 2.05) is 25.1 Å². The third-order valence-electron chi connectivity index (χ3n) is 3.20. The maximum Gasteiger partial charge on any atom is 0.123 e. The summed E-state index contributed by atoms with van der Waals surface area (Å²) in [6.45, 7) is 2.88. The normalized spacial score (nSPS) is 22.6. The van der Waals surface area contributed by atoms with Crippen LogP contribution in [0.3, 0.4) is 0 Å². The van der Waals surface area contributed by atoms with Crippen LogP contribution in [0.15, 0.2) is 24.3 Å². The van der Waals surface area contributed by atoms with Crippen molar-refractivity contribution in [3.05, 3.63) is 30.1 Å². The first-order valence-corrected chi connectivity index (χ1v) is 6.13. The van der Waals surface area contributed by atoms with Crippen LogP contribution in [0, 0.1) is 12.8 Å². The Bertz CT molecular complexity index is 545. The molecule has 1 aromatic carbocycles. The fourth-order valence-corrected chi connectivity index (χ4v) is 2.63. The second kappa shape index (κ2) is 3.38. The molecule has 1 aliphatic carbocycles. The van der Waals surface area contributed by atoms with Gasteiger partial charge in [-0.25, -0.2) is 4.98 Å². The van der Waals surface area contributed by atoms with Crippen molar-refractivity contribution < 1.29 is 0 Å². The van der Waals surface area contributed by atoms with Gasteiger partial charge in [0.15, 0.2) is 0 Å². The minimum Gasteiger partial charge on any atom is -0.328 e. The first-order chi connectivity index (χ1) is 7.58. The summed E-state index contributed by atoms with van der Waals surface area (Å²) >= 11 is 12.1. The number of para-hydroxylation sites is 2. The van der Waals surface area contributed by atoms with Crippen molar-refractivity contribution in [1.29, 1.82) is 0 Å². The summed E-state index contributed by atoms with van der Waals surface area (Å²) in [6.07, 6.45) is 0.877. The predicted octanol–water partition coefficient (Wildman–Crippen LogP) is 3.54. The molecule has 4 heteroatoms. The molecule has 1 atom stereocenters. The van der Waals surface area contributed by atoms with Gasteiger partial charge in [-0.05, 0) is 25.5 Å². The first-order valence-electron chi connectivity index (χ1n) is 5.37. The molecule has 16 heavy (non-hydrogen) atoms. The molecule has 1 aliphatic rings. The van der Waals surface area contributed by atoms with Crippen LogP contribution >= 0.6 is 23.2 Å². The van der Waals surface area contributed by atoms with Gasteiger partial charge in [0.2, 0.25) is 0 Å². The molecular weight excluding hydrogens is 243 g/mol. The molecule has 2 nitrogen and oxygen atoms in total. The maximum atomic E-state index is 6.06. The Morgan fingerprint density at radius 1 is 1.44 bits per heavy atom. The highest BCUT2D eigenvalue weighted by Gasteiger charge is 2.51. The zero-order chi connectivity index (χ0) is 11.3. The smallest absolute Gasteiger partial charge is 0.123 e. The third kappa shape index (κ3) is 1.61. The Morgan fingerprint density at radius 2 is 2.12 bits per heavy atom. The molecule has 0 bridgehead atoms. The molecule has 2 aromatic rings. The van der Waals surface area contributed by atoms with E-state index in [-0.39, 0.29) is 0 Å². The molecule has 1 heterocycles. The summed E-state index contributed by atoms with van der Waals surface area (Å²) in [4.78, 5) is 4.52. The van der Waals surface area contributed by atoms with Gasteiger partial charge in [0, 0.05) is 12.5 Å². The van der Waals surface area contributed by atoms with E-state index in [2.05, 4.69) is 15.6 Å². The number of aryl methyl sites for hydroxylation is 1. The maximum absolute atomic E-state index is 6.06. The van der Waals surface area contributed by atoms with Crippen molar-refractivity contribution in [3.63, 3.8) is 0 Å². The summed E-state index contributed by atoms with van der Waals surface area (Å²) < 4.78 is 1.68. The first kappa shape index (κ1) is 10.4. The topological polar surface area (TPSA) is 17.8 Å². The van der Waals surface area contributed by atoms with Crippen LogP contribution in [-0.2, 0) is 6.54 Å². The van der Waals surface area contributed by atoms with Gasteiger partial charge >= 0.3 is 0 Å². The molecule has 0 N–H and O–H groups in total. The summed E-state index contributed by atoms with van der Waals surface area (Å²) in [5, 5.41) is 0. The van der Waals surface area contributed by atoms with Crippen LogP contribution in [0.2, 0.25) is 0 Å². The van der Waals surface area contributed by atoms with Crippen LogP contribution in [0.4, 0.5) is 0 Å². The molecule has 0 unspecified atom stereocenters. The number of hydrogen-bond acceptors (Lipinski definition) is 1. The molecule has 0 aliphatic heterocycles. The number of fused-ring (bicyclic) bond motifs is 1. The molecule has 0 radical (unpaired) electrons. The zero-order valence-electron chi connectivity index (χ0n) is 8.95. The Labute approximate surface area is 104 Å². The van der Waals surface area contributed by atoms with Gasteiger partial charge in [0.25, 0.3) is 0 Å². The number of aromatic nitrogens is 2. The number of benzene rings is 1. The summed E-state index contributed by atoms with van der Waals surface area (Å²) in [5.41, 5.74) is 2.20. The van der Waals surface area contributed by atoms with Crippen LogP contribution < -0.4 is 0 Å². The lowest BCUT2D eigenvalue weighted by Gasteiger charge is -2.06. The zero-order valence-corrected chi connectivity index (χ0v) is 10.5. The largest absolute Gasteiger partial charge is 0.328 e. The number of nitrogens with zero attached hydrogens (tertiary/aromatic N) is 2. The second-order valence-electron chi connectivity index (χ2n) is 4.42. The molecule has 84 valence electrons. The Morgan fingerprint density at radius 3 is 2.81 bits per heavy atom. The van der Waals surface area contributed by atoms with E-state index in [4.69, 9.17) is 23.2 Å². The van der Waals surface area contributed by atoms with Crippen LogP contribution in [0.5, 0.6) is 0 Å². The van der Waals surface area contributed by atoms with Crippen LogP contribution in [0.25, 0.3) is 11.0 Å². The van der Waals surface area contributed by atoms with E-state index < -0.39 is 4.33 Å². The van der Waals surface area contributed by atoms with Crippen LogP contribution in [0.1, 0.15) is 12.2 Å². The van der Waals surface area contributed by atoms with Gasteiger partial charge in [-0.2, -0.15) is 0 Å². The molecule has 1 saturated carbocycles. The fraction of sp³-hybridized carbons (Fsp3) is 0.417. The lowest BCUT2D eigenvalue weighted by molar-refractivity contribution is 0.620. The third-order valence-corrected chi connectivity index (χ3v) is 4.13. The Balaban J connectivity index is 2.00. The molecule has 3 rings (SSSR count). The average Bonchev–Trinajstić information content (AvgIpc) is 2.69.